The maximum atomic E-state index is 5.90. The number of anilines is 1. The van der Waals surface area contributed by atoms with Gasteiger partial charge < -0.3 is 5.73 Å². The van der Waals surface area contributed by atoms with E-state index >= 15 is 0 Å². The highest BCUT2D eigenvalue weighted by molar-refractivity contribution is 5.44. The summed E-state index contributed by atoms with van der Waals surface area (Å²) in [5.74, 6) is 6.13. The monoisotopic (exact) mass is 218 g/mol. The van der Waals surface area contributed by atoms with Crippen molar-refractivity contribution in [2.45, 2.75) is 6.04 Å². The SMILES string of the molecule is Cn1ncc(C(NN)c2cccnc2)c1N. The van der Waals surface area contributed by atoms with Gasteiger partial charge in [0.05, 0.1) is 12.2 Å². The molecule has 6 nitrogen and oxygen atoms in total. The van der Waals surface area contributed by atoms with Crippen LogP contribution in [0.25, 0.3) is 0 Å². The van der Waals surface area contributed by atoms with Crippen molar-refractivity contribution < 1.29 is 0 Å². The molecule has 0 amide bonds. The molecule has 0 aliphatic rings. The Morgan fingerprint density at radius 1 is 1.44 bits per heavy atom. The van der Waals surface area contributed by atoms with Gasteiger partial charge in [-0.15, -0.1) is 0 Å². The molecular formula is C10H14N6. The molecule has 2 rings (SSSR count). The van der Waals surface area contributed by atoms with Gasteiger partial charge in [-0.3, -0.25) is 15.5 Å². The smallest absolute Gasteiger partial charge is 0.126 e. The molecule has 1 unspecified atom stereocenters. The maximum Gasteiger partial charge on any atom is 0.126 e. The molecule has 0 saturated carbocycles. The molecular weight excluding hydrogens is 204 g/mol. The molecule has 0 saturated heterocycles. The van der Waals surface area contributed by atoms with Gasteiger partial charge in [-0.05, 0) is 11.6 Å². The molecule has 0 radical (unpaired) electrons. The Balaban J connectivity index is 2.41. The summed E-state index contributed by atoms with van der Waals surface area (Å²) in [6, 6.07) is 3.60. The molecule has 84 valence electrons. The standard InChI is InChI=1S/C10H14N6/c1-16-10(11)8(6-14-16)9(15-12)7-3-2-4-13-5-7/h2-6,9,15H,11-12H2,1H3. The van der Waals surface area contributed by atoms with E-state index in [4.69, 9.17) is 11.6 Å². The van der Waals surface area contributed by atoms with Gasteiger partial charge in [-0.2, -0.15) is 5.10 Å². The quantitative estimate of drug-likeness (QED) is 0.496. The third-order valence-corrected chi connectivity index (χ3v) is 2.51. The summed E-state index contributed by atoms with van der Waals surface area (Å²) < 4.78 is 1.61. The van der Waals surface area contributed by atoms with Gasteiger partial charge in [0.2, 0.25) is 0 Å². The molecule has 0 bridgehead atoms. The number of aryl methyl sites for hydroxylation is 1. The highest BCUT2D eigenvalue weighted by Gasteiger charge is 2.17. The lowest BCUT2D eigenvalue weighted by atomic mass is 10.0. The zero-order valence-corrected chi connectivity index (χ0v) is 8.96. The molecule has 0 aliphatic heterocycles. The van der Waals surface area contributed by atoms with Crippen LogP contribution in [0.3, 0.4) is 0 Å². The minimum Gasteiger partial charge on any atom is -0.384 e. The lowest BCUT2D eigenvalue weighted by Gasteiger charge is -2.15. The molecule has 0 fully saturated rings. The Hall–Kier alpha value is -1.92. The van der Waals surface area contributed by atoms with Crippen LogP contribution in [0, 0.1) is 0 Å². The molecule has 6 heteroatoms. The largest absolute Gasteiger partial charge is 0.384 e. The van der Waals surface area contributed by atoms with Crippen molar-refractivity contribution in [3.8, 4) is 0 Å². The molecule has 0 spiro atoms. The van der Waals surface area contributed by atoms with Crippen molar-refractivity contribution in [2.24, 2.45) is 12.9 Å². The van der Waals surface area contributed by atoms with Gasteiger partial charge in [0.15, 0.2) is 0 Å². The Labute approximate surface area is 93.2 Å². The topological polar surface area (TPSA) is 94.8 Å². The van der Waals surface area contributed by atoms with Crippen molar-refractivity contribution in [3.05, 3.63) is 41.9 Å². The second kappa shape index (κ2) is 4.30. The number of hydrogen-bond acceptors (Lipinski definition) is 5. The average molecular weight is 218 g/mol. The van der Waals surface area contributed by atoms with Gasteiger partial charge in [0.1, 0.15) is 5.82 Å². The fraction of sp³-hybridized carbons (Fsp3) is 0.200. The van der Waals surface area contributed by atoms with E-state index in [2.05, 4.69) is 15.5 Å². The van der Waals surface area contributed by atoms with E-state index in [1.165, 1.54) is 0 Å². The van der Waals surface area contributed by atoms with Gasteiger partial charge in [0.25, 0.3) is 0 Å². The van der Waals surface area contributed by atoms with Crippen LogP contribution >= 0.6 is 0 Å². The van der Waals surface area contributed by atoms with Crippen LogP contribution in [0.15, 0.2) is 30.7 Å². The maximum absolute atomic E-state index is 5.90. The van der Waals surface area contributed by atoms with Gasteiger partial charge in [-0.1, -0.05) is 6.07 Å². The van der Waals surface area contributed by atoms with E-state index in [1.54, 1.807) is 30.3 Å². The van der Waals surface area contributed by atoms with Crippen LogP contribution in [0.4, 0.5) is 5.82 Å². The predicted molar refractivity (Wildman–Crippen MR) is 61.0 cm³/mol. The third kappa shape index (κ3) is 1.75. The van der Waals surface area contributed by atoms with E-state index in [-0.39, 0.29) is 6.04 Å². The van der Waals surface area contributed by atoms with Crippen LogP contribution in [-0.4, -0.2) is 14.8 Å². The summed E-state index contributed by atoms with van der Waals surface area (Å²) in [7, 11) is 1.79. The number of nitrogens with zero attached hydrogens (tertiary/aromatic N) is 3. The van der Waals surface area contributed by atoms with E-state index in [0.717, 1.165) is 11.1 Å². The summed E-state index contributed by atoms with van der Waals surface area (Å²) >= 11 is 0. The highest BCUT2D eigenvalue weighted by Crippen LogP contribution is 2.24. The van der Waals surface area contributed by atoms with Crippen molar-refractivity contribution >= 4 is 5.82 Å². The first-order chi connectivity index (χ1) is 7.74. The lowest BCUT2D eigenvalue weighted by molar-refractivity contribution is 0.636. The zero-order valence-electron chi connectivity index (χ0n) is 8.96. The second-order valence-electron chi connectivity index (χ2n) is 3.49. The molecule has 2 aromatic heterocycles. The Kier molecular flexibility index (Phi) is 2.84. The molecule has 5 N–H and O–H groups in total. The number of nitrogens with two attached hydrogens (primary N) is 2. The van der Waals surface area contributed by atoms with E-state index in [0.29, 0.717) is 5.82 Å². The number of rotatable bonds is 3. The molecule has 1 atom stereocenters. The molecule has 0 aliphatic carbocycles. The van der Waals surface area contributed by atoms with Crippen molar-refractivity contribution in [1.29, 1.82) is 0 Å². The molecule has 16 heavy (non-hydrogen) atoms. The van der Waals surface area contributed by atoms with Crippen LogP contribution in [0.2, 0.25) is 0 Å². The number of hydrazine groups is 1. The number of aromatic nitrogens is 3. The number of hydrogen-bond donors (Lipinski definition) is 3. The second-order valence-corrected chi connectivity index (χ2v) is 3.49. The van der Waals surface area contributed by atoms with Crippen molar-refractivity contribution in [2.75, 3.05) is 5.73 Å². The highest BCUT2D eigenvalue weighted by atomic mass is 15.3. The first-order valence-corrected chi connectivity index (χ1v) is 4.87. The Morgan fingerprint density at radius 2 is 2.25 bits per heavy atom. The Bertz CT molecular complexity index is 463. The third-order valence-electron chi connectivity index (χ3n) is 2.51. The minimum atomic E-state index is -0.192. The summed E-state index contributed by atoms with van der Waals surface area (Å²) in [5.41, 5.74) is 10.4. The summed E-state index contributed by atoms with van der Waals surface area (Å²) in [6.45, 7) is 0. The lowest BCUT2D eigenvalue weighted by Crippen LogP contribution is -2.29. The first-order valence-electron chi connectivity index (χ1n) is 4.87. The molecule has 0 aromatic carbocycles. The molecule has 2 heterocycles. The number of pyridine rings is 1. The fourth-order valence-electron chi connectivity index (χ4n) is 1.60. The summed E-state index contributed by atoms with van der Waals surface area (Å²) in [4.78, 5) is 4.05. The van der Waals surface area contributed by atoms with E-state index in [9.17, 15) is 0 Å². The fourth-order valence-corrected chi connectivity index (χ4v) is 1.60. The van der Waals surface area contributed by atoms with Crippen LogP contribution < -0.4 is 17.0 Å². The Morgan fingerprint density at radius 3 is 2.75 bits per heavy atom. The molecule has 2 aromatic rings. The van der Waals surface area contributed by atoms with Gasteiger partial charge >= 0.3 is 0 Å². The predicted octanol–water partition coefficient (Wildman–Crippen LogP) is -0.0500. The summed E-state index contributed by atoms with van der Waals surface area (Å²) in [6.07, 6.45) is 5.16. The number of nitrogen functional groups attached to an aromatic ring is 1. The minimum absolute atomic E-state index is 0.192. The zero-order chi connectivity index (χ0) is 11.5. The van der Waals surface area contributed by atoms with E-state index < -0.39 is 0 Å². The number of nitrogens with one attached hydrogen (secondary N) is 1. The van der Waals surface area contributed by atoms with Crippen LogP contribution in [0.5, 0.6) is 0 Å². The summed E-state index contributed by atoms with van der Waals surface area (Å²) in [5, 5.41) is 4.09. The first kappa shape index (κ1) is 10.6. The van der Waals surface area contributed by atoms with Crippen molar-refractivity contribution in [3.63, 3.8) is 0 Å². The van der Waals surface area contributed by atoms with Crippen molar-refractivity contribution in [1.82, 2.24) is 20.2 Å². The van der Waals surface area contributed by atoms with Gasteiger partial charge in [-0.25, -0.2) is 5.43 Å². The normalized spacial score (nSPS) is 12.6. The van der Waals surface area contributed by atoms with Crippen LogP contribution in [-0.2, 0) is 7.05 Å². The van der Waals surface area contributed by atoms with E-state index in [1.807, 2.05) is 12.1 Å². The average Bonchev–Trinajstić information content (AvgIpc) is 2.64. The van der Waals surface area contributed by atoms with Crippen LogP contribution in [0.1, 0.15) is 17.2 Å². The van der Waals surface area contributed by atoms with Gasteiger partial charge in [0, 0.05) is 25.0 Å².